The van der Waals surface area contributed by atoms with Gasteiger partial charge in [0.05, 0.1) is 62.2 Å². The average molecular weight is 1220 g/mol. The van der Waals surface area contributed by atoms with Crippen molar-refractivity contribution in [2.24, 2.45) is 11.8 Å². The molecule has 17 nitrogen and oxygen atoms in total. The number of nitrogens with zero attached hydrogens (tertiary/aromatic N) is 7. The molecule has 8 aromatic rings. The van der Waals surface area contributed by atoms with Crippen molar-refractivity contribution >= 4 is 103 Å². The van der Waals surface area contributed by atoms with Crippen LogP contribution in [-0.2, 0) is 20.7 Å². The van der Waals surface area contributed by atoms with Crippen LogP contribution >= 0.6 is 46.4 Å². The molecule has 2 saturated heterocycles. The fraction of sp³-hybridized carbons (Fsp3) is 0.328. The number of benzene rings is 5. The molecule has 16 rings (SSSR count). The molecular weight excluding hydrogens is 1170 g/mol. The minimum Gasteiger partial charge on any atom is -0.478 e. The fourth-order valence-electron chi connectivity index (χ4n) is 14.8. The van der Waals surface area contributed by atoms with Crippen molar-refractivity contribution in [2.45, 2.75) is 86.1 Å². The summed E-state index contributed by atoms with van der Waals surface area (Å²) < 4.78 is 48.4. The Morgan fingerprint density at radius 3 is 1.77 bits per heavy atom. The van der Waals surface area contributed by atoms with Crippen LogP contribution in [0.1, 0.15) is 105 Å². The number of rotatable bonds is 8. The third kappa shape index (κ3) is 7.74. The van der Waals surface area contributed by atoms with E-state index in [1.165, 1.54) is 24.4 Å². The van der Waals surface area contributed by atoms with Crippen LogP contribution in [-0.4, -0.2) is 107 Å². The number of pyridine rings is 1. The first-order valence-electron chi connectivity index (χ1n) is 27.8. The molecule has 428 valence electrons. The number of carbonyl (C=O) groups is 4. The van der Waals surface area contributed by atoms with Crippen LogP contribution in [0.4, 0.5) is 20.2 Å². The van der Waals surface area contributed by atoms with Crippen LogP contribution in [0, 0.1) is 30.4 Å². The molecule has 0 bridgehead atoms. The van der Waals surface area contributed by atoms with E-state index in [0.717, 1.165) is 31.2 Å². The summed E-state index contributed by atoms with van der Waals surface area (Å²) in [5, 5.41) is 37.2. The Hall–Kier alpha value is -7.39. The molecule has 8 atom stereocenters. The van der Waals surface area contributed by atoms with E-state index in [1.54, 1.807) is 77.0 Å². The second kappa shape index (κ2) is 19.3. The minimum atomic E-state index is -1.31. The standard InChI is InChI=1S/C32H27Cl2FN4O4.C29H22Cl2FN5O4/c1-15-11-23-20(13-19(15)30(40)41)29-39(37-23)28-25(9-10-43-29)38(14-16-5-6-16)32(26(28)18-3-2-4-22(34)27(18)35)21-8-7-17(33)12-24(21)36-31(32)42;30-15-6-7-18-20(9-15)34-28(40)29(18)22(16-2-1-3-19(31)23(16)32)24-21(36(29)11-13-4-5-13)12-41-26-17-8-14(27(38)39)10-33-25(17)35-37(24)26/h2-4,7-8,11-13,16,25-26,28H,5-6,9-10,14H2,1H3,(H,36,42)(H,40,41);1-3,6-10,13,21-22,24H,4-5,11-12H2,(H,34,40)(H,38,39)/t25-,26-,28+,32+;21-,22-,24+,29+/m00/s1. The van der Waals surface area contributed by atoms with Gasteiger partial charge in [-0.15, -0.1) is 5.10 Å². The Morgan fingerprint density at radius 1 is 0.667 bits per heavy atom. The molecular formula is C61H49Cl4F2N9O8. The number of aryl methyl sites for hydroxylation is 1. The van der Waals surface area contributed by atoms with E-state index in [1.807, 2.05) is 12.1 Å². The van der Waals surface area contributed by atoms with Crippen LogP contribution < -0.4 is 20.1 Å². The average Bonchev–Trinajstić information content (AvgIpc) is 1.80. The Bertz CT molecular complexity index is 4210. The van der Waals surface area contributed by atoms with Crippen molar-refractivity contribution < 1.29 is 47.6 Å². The zero-order chi connectivity index (χ0) is 58.0. The molecule has 2 amide bonds. The number of likely N-dealkylation sites (tertiary alicyclic amines) is 2. The van der Waals surface area contributed by atoms with E-state index in [9.17, 15) is 29.4 Å². The number of hydrogen-bond acceptors (Lipinski definition) is 11. The first kappa shape index (κ1) is 53.3. The van der Waals surface area contributed by atoms with Gasteiger partial charge in [-0.3, -0.25) is 19.4 Å². The smallest absolute Gasteiger partial charge is 0.337 e. The molecule has 9 heterocycles. The minimum absolute atomic E-state index is 0.00399. The van der Waals surface area contributed by atoms with E-state index in [4.69, 9.17) is 66.1 Å². The lowest BCUT2D eigenvalue weighted by atomic mass is 9.73. The fourth-order valence-corrected chi connectivity index (χ4v) is 15.5. The summed E-state index contributed by atoms with van der Waals surface area (Å²) in [5.41, 5.74) is 2.23. The predicted octanol–water partition coefficient (Wildman–Crippen LogP) is 11.8. The zero-order valence-corrected chi connectivity index (χ0v) is 47.5. The summed E-state index contributed by atoms with van der Waals surface area (Å²) in [7, 11) is 0. The zero-order valence-electron chi connectivity index (χ0n) is 44.5. The van der Waals surface area contributed by atoms with Gasteiger partial charge in [0, 0.05) is 69.7 Å². The number of nitrogens with one attached hydrogen (secondary N) is 2. The molecule has 8 aliphatic rings. The molecule has 6 aliphatic heterocycles. The molecule has 2 spiro atoms. The second-order valence-corrected chi connectivity index (χ2v) is 24.9. The number of ether oxygens (including phenoxy) is 2. The number of aromatic carboxylic acids is 2. The second-order valence-electron chi connectivity index (χ2n) is 23.2. The monoisotopic (exact) mass is 1210 g/mol. The van der Waals surface area contributed by atoms with E-state index in [-0.39, 0.29) is 57.2 Å². The van der Waals surface area contributed by atoms with Gasteiger partial charge in [-0.25, -0.2) is 32.7 Å². The molecule has 23 heteroatoms. The van der Waals surface area contributed by atoms with Crippen LogP contribution in [0.15, 0.2) is 97.2 Å². The third-order valence-electron chi connectivity index (χ3n) is 18.6. The predicted molar refractivity (Wildman–Crippen MR) is 308 cm³/mol. The number of carboxylic acid groups (broad SMARTS) is 2. The maximum absolute atomic E-state index is 16.3. The number of carboxylic acids is 2. The number of halogens is 6. The van der Waals surface area contributed by atoms with Gasteiger partial charge in [0.25, 0.3) is 0 Å². The summed E-state index contributed by atoms with van der Waals surface area (Å²) in [6, 6.07) is 23.5. The summed E-state index contributed by atoms with van der Waals surface area (Å²) in [6.07, 6.45) is 5.98. The highest BCUT2D eigenvalue weighted by molar-refractivity contribution is 6.32. The van der Waals surface area contributed by atoms with Gasteiger partial charge < -0.3 is 30.3 Å². The lowest BCUT2D eigenvalue weighted by Crippen LogP contribution is -2.54. The molecule has 0 unspecified atom stereocenters. The Kier molecular flexibility index (Phi) is 12.3. The lowest BCUT2D eigenvalue weighted by molar-refractivity contribution is -0.128. The molecule has 0 radical (unpaired) electrons. The highest BCUT2D eigenvalue weighted by atomic mass is 35.5. The summed E-state index contributed by atoms with van der Waals surface area (Å²) in [5.74, 6) is -3.86. The van der Waals surface area contributed by atoms with E-state index >= 15 is 8.78 Å². The molecule has 2 saturated carbocycles. The number of anilines is 2. The van der Waals surface area contributed by atoms with Crippen molar-refractivity contribution in [1.82, 2.24) is 34.3 Å². The highest BCUT2D eigenvalue weighted by Gasteiger charge is 2.71. The van der Waals surface area contributed by atoms with Crippen molar-refractivity contribution in [3.8, 4) is 11.8 Å². The van der Waals surface area contributed by atoms with Gasteiger partial charge in [-0.05, 0) is 122 Å². The number of fused-ring (bicyclic) bond motifs is 14. The molecule has 4 fully saturated rings. The van der Waals surface area contributed by atoms with Crippen LogP contribution in [0.25, 0.3) is 21.9 Å². The molecule has 5 aromatic carbocycles. The Balaban J connectivity index is 0.000000143. The number of aromatic nitrogens is 5. The van der Waals surface area contributed by atoms with E-state index in [2.05, 4.69) is 25.4 Å². The largest absolute Gasteiger partial charge is 0.478 e. The van der Waals surface area contributed by atoms with Gasteiger partial charge >= 0.3 is 11.9 Å². The van der Waals surface area contributed by atoms with Crippen LogP contribution in [0.3, 0.4) is 0 Å². The van der Waals surface area contributed by atoms with Crippen molar-refractivity contribution in [2.75, 3.05) is 36.9 Å². The molecule has 4 N–H and O–H groups in total. The van der Waals surface area contributed by atoms with Crippen molar-refractivity contribution in [1.29, 1.82) is 0 Å². The summed E-state index contributed by atoms with van der Waals surface area (Å²) >= 11 is 25.5. The maximum Gasteiger partial charge on any atom is 0.337 e. The molecule has 2 aliphatic carbocycles. The Morgan fingerprint density at radius 2 is 1.21 bits per heavy atom. The van der Waals surface area contributed by atoms with Crippen LogP contribution in [0.2, 0.25) is 20.1 Å². The first-order valence-corrected chi connectivity index (χ1v) is 29.3. The summed E-state index contributed by atoms with van der Waals surface area (Å²) in [6.45, 7) is 3.49. The maximum atomic E-state index is 16.3. The van der Waals surface area contributed by atoms with Gasteiger partial charge in [0.15, 0.2) is 5.65 Å². The van der Waals surface area contributed by atoms with Crippen molar-refractivity contribution in [3.05, 3.63) is 168 Å². The topological polar surface area (TPSA) is 206 Å². The number of hydrogen-bond donors (Lipinski definition) is 4. The molecule has 3 aromatic heterocycles. The number of carbonyl (C=O) groups excluding carboxylic acids is 2. The van der Waals surface area contributed by atoms with Gasteiger partial charge in [0.2, 0.25) is 23.6 Å². The van der Waals surface area contributed by atoms with E-state index in [0.29, 0.717) is 110 Å². The van der Waals surface area contributed by atoms with Gasteiger partial charge in [-0.2, -0.15) is 5.10 Å². The van der Waals surface area contributed by atoms with Gasteiger partial charge in [-0.1, -0.05) is 82.8 Å². The SMILES string of the molecule is Cc1cc2nn3c(c2cc1C(=O)O)OCC[C@H]1[C@@H]3[C@H](c2cccc(Cl)c2F)[C@]2(C(=O)Nc3cc(Cl)ccc32)N1CC1CC1.O=C(O)c1cnc2nn3c(c2c1)OC[C@H]1[C@@H]3[C@H](c2cccc(Cl)c2F)[C@]2(C(=O)Nc3cc(Cl)ccc32)N1CC1CC1. The van der Waals surface area contributed by atoms with Crippen LogP contribution in [0.5, 0.6) is 11.8 Å². The molecule has 84 heavy (non-hydrogen) atoms. The number of amides is 2. The van der Waals surface area contributed by atoms with Crippen molar-refractivity contribution in [3.63, 3.8) is 0 Å². The summed E-state index contributed by atoms with van der Waals surface area (Å²) in [4.78, 5) is 61.4. The van der Waals surface area contributed by atoms with E-state index < -0.39 is 58.6 Å². The quantitative estimate of drug-likeness (QED) is 0.112. The highest BCUT2D eigenvalue weighted by Crippen LogP contribution is 2.66. The Labute approximate surface area is 497 Å². The van der Waals surface area contributed by atoms with Gasteiger partial charge in [0.1, 0.15) is 29.3 Å². The third-order valence-corrected chi connectivity index (χ3v) is 19.6. The normalized spacial score (nSPS) is 26.3. The first-order chi connectivity index (χ1) is 40.5. The lowest BCUT2D eigenvalue weighted by Gasteiger charge is -2.40.